The van der Waals surface area contributed by atoms with Crippen LogP contribution in [0.25, 0.3) is 0 Å². The summed E-state index contributed by atoms with van der Waals surface area (Å²) in [4.78, 5) is 28.0. The maximum atomic E-state index is 13.3. The van der Waals surface area contributed by atoms with Crippen molar-refractivity contribution in [1.82, 2.24) is 4.90 Å². The molecule has 1 aliphatic heterocycles. The van der Waals surface area contributed by atoms with E-state index in [0.29, 0.717) is 18.5 Å². The highest BCUT2D eigenvalue weighted by atomic mass is 19.1. The zero-order chi connectivity index (χ0) is 18.1. The molecule has 4 nitrogen and oxygen atoms in total. The lowest BCUT2D eigenvalue weighted by Gasteiger charge is -2.48. The van der Waals surface area contributed by atoms with Gasteiger partial charge in [-0.1, -0.05) is 18.9 Å². The van der Waals surface area contributed by atoms with Crippen LogP contribution in [0.3, 0.4) is 0 Å². The number of carbonyl (C=O) groups excluding carboxylic acids is 2. The summed E-state index contributed by atoms with van der Waals surface area (Å²) < 4.78 is 13.1. The summed E-state index contributed by atoms with van der Waals surface area (Å²) in [5.41, 5.74) is 0.884. The maximum Gasteiger partial charge on any atom is 0.236 e. The lowest BCUT2D eigenvalue weighted by molar-refractivity contribution is -0.140. The van der Waals surface area contributed by atoms with E-state index in [0.717, 1.165) is 50.6 Å². The number of rotatable bonds is 3. The van der Waals surface area contributed by atoms with Gasteiger partial charge in [0.05, 0.1) is 5.41 Å². The quantitative estimate of drug-likeness (QED) is 0.873. The second kappa shape index (κ2) is 6.86. The highest BCUT2D eigenvalue weighted by molar-refractivity contribution is 5.99. The molecule has 1 atom stereocenters. The number of nitrogens with one attached hydrogen (secondary N) is 1. The predicted molar refractivity (Wildman–Crippen MR) is 97.7 cm³/mol. The zero-order valence-electron chi connectivity index (χ0n) is 15.0. The van der Waals surface area contributed by atoms with E-state index in [2.05, 4.69) is 11.4 Å². The molecule has 2 amide bonds. The molecule has 0 unspecified atom stereocenters. The number of hydrogen-bond donors (Lipinski definition) is 1. The average molecular weight is 356 g/mol. The van der Waals surface area contributed by atoms with Crippen LogP contribution in [0.5, 0.6) is 0 Å². The van der Waals surface area contributed by atoms with Crippen LogP contribution in [-0.4, -0.2) is 22.8 Å². The summed E-state index contributed by atoms with van der Waals surface area (Å²) in [6, 6.07) is 6.10. The lowest BCUT2D eigenvalue weighted by atomic mass is 9.68. The Balaban J connectivity index is 1.64. The molecule has 3 aliphatic rings. The number of hydrogen-bond acceptors (Lipinski definition) is 2. The number of nitrogens with zero attached hydrogens (tertiary/aromatic N) is 1. The van der Waals surface area contributed by atoms with Crippen molar-refractivity contribution in [1.29, 1.82) is 0 Å². The Morgan fingerprint density at radius 2 is 1.85 bits per heavy atom. The monoisotopic (exact) mass is 356 g/mol. The average Bonchev–Trinajstić information content (AvgIpc) is 3.17. The van der Waals surface area contributed by atoms with Gasteiger partial charge < -0.3 is 10.2 Å². The predicted octanol–water partition coefficient (Wildman–Crippen LogP) is 4.38. The standard InChI is InChI=1S/C21H25FN2O2/c22-15-8-10-16(11-9-15)23-20(26)21-13-4-3-7-18(21)24(19(25)12-14-21)17-5-1-2-6-17/h7-11,17H,1-6,12-14H2,(H,23,26)/t21-/m1/s1. The van der Waals surface area contributed by atoms with Gasteiger partial charge in [0, 0.05) is 23.8 Å². The zero-order valence-corrected chi connectivity index (χ0v) is 15.0. The van der Waals surface area contributed by atoms with Crippen LogP contribution >= 0.6 is 0 Å². The normalized spacial score (nSPS) is 26.4. The molecule has 1 heterocycles. The van der Waals surface area contributed by atoms with E-state index in [9.17, 15) is 14.0 Å². The molecule has 2 aliphatic carbocycles. The van der Waals surface area contributed by atoms with E-state index in [1.54, 1.807) is 12.1 Å². The van der Waals surface area contributed by atoms with Gasteiger partial charge in [0.2, 0.25) is 11.8 Å². The fourth-order valence-corrected chi connectivity index (χ4v) is 4.81. The highest BCUT2D eigenvalue weighted by Crippen LogP contribution is 2.49. The van der Waals surface area contributed by atoms with Crippen LogP contribution in [0.2, 0.25) is 0 Å². The summed E-state index contributed by atoms with van der Waals surface area (Å²) in [5.74, 6) is -0.226. The molecule has 4 rings (SSSR count). The number of amides is 2. The molecule has 5 heteroatoms. The van der Waals surface area contributed by atoms with E-state index < -0.39 is 5.41 Å². The number of carbonyl (C=O) groups is 2. The summed E-state index contributed by atoms with van der Waals surface area (Å²) >= 11 is 0. The van der Waals surface area contributed by atoms with E-state index >= 15 is 0 Å². The second-order valence-electron chi connectivity index (χ2n) is 7.73. The van der Waals surface area contributed by atoms with Gasteiger partial charge >= 0.3 is 0 Å². The summed E-state index contributed by atoms with van der Waals surface area (Å²) in [6.45, 7) is 0. The molecule has 1 saturated carbocycles. The van der Waals surface area contributed by atoms with Crippen molar-refractivity contribution in [2.75, 3.05) is 5.32 Å². The molecule has 1 saturated heterocycles. The largest absolute Gasteiger partial charge is 0.325 e. The summed E-state index contributed by atoms with van der Waals surface area (Å²) in [5, 5.41) is 2.97. The Labute approximate surface area is 153 Å². The first-order valence-corrected chi connectivity index (χ1v) is 9.70. The first-order valence-electron chi connectivity index (χ1n) is 9.70. The van der Waals surface area contributed by atoms with Crippen molar-refractivity contribution in [3.8, 4) is 0 Å². The minimum atomic E-state index is -0.636. The van der Waals surface area contributed by atoms with Gasteiger partial charge in [-0.2, -0.15) is 0 Å². The summed E-state index contributed by atoms with van der Waals surface area (Å²) in [7, 11) is 0. The molecule has 1 N–H and O–H groups in total. The van der Waals surface area contributed by atoms with Crippen molar-refractivity contribution < 1.29 is 14.0 Å². The van der Waals surface area contributed by atoms with Gasteiger partial charge in [-0.05, 0) is 62.8 Å². The molecule has 0 radical (unpaired) electrons. The Morgan fingerprint density at radius 3 is 2.58 bits per heavy atom. The minimum Gasteiger partial charge on any atom is -0.325 e. The van der Waals surface area contributed by atoms with Gasteiger partial charge in [-0.25, -0.2) is 4.39 Å². The van der Waals surface area contributed by atoms with Crippen LogP contribution in [0.4, 0.5) is 10.1 Å². The molecule has 0 bridgehead atoms. The maximum absolute atomic E-state index is 13.3. The van der Waals surface area contributed by atoms with Crippen LogP contribution in [0.15, 0.2) is 36.0 Å². The molecule has 2 fully saturated rings. The Hall–Kier alpha value is -2.17. The van der Waals surface area contributed by atoms with Gasteiger partial charge in [-0.3, -0.25) is 9.59 Å². The molecule has 0 spiro atoms. The molecular formula is C21H25FN2O2. The molecule has 0 aromatic heterocycles. The first kappa shape index (κ1) is 17.3. The molecular weight excluding hydrogens is 331 g/mol. The van der Waals surface area contributed by atoms with E-state index in [1.165, 1.54) is 12.1 Å². The number of benzene rings is 1. The summed E-state index contributed by atoms with van der Waals surface area (Å²) in [6.07, 6.45) is 10.1. The number of likely N-dealkylation sites (tertiary alicyclic amines) is 1. The number of anilines is 1. The number of halogens is 1. The van der Waals surface area contributed by atoms with Crippen molar-refractivity contribution in [3.05, 3.63) is 41.9 Å². The Kier molecular flexibility index (Phi) is 4.55. The van der Waals surface area contributed by atoms with Gasteiger partial charge in [-0.15, -0.1) is 0 Å². The van der Waals surface area contributed by atoms with E-state index in [4.69, 9.17) is 0 Å². The molecule has 1 aromatic rings. The van der Waals surface area contributed by atoms with Crippen molar-refractivity contribution in [2.45, 2.75) is 63.8 Å². The van der Waals surface area contributed by atoms with E-state index in [1.807, 2.05) is 4.90 Å². The first-order chi connectivity index (χ1) is 12.6. The third kappa shape index (κ3) is 2.93. The fraction of sp³-hybridized carbons (Fsp3) is 0.524. The van der Waals surface area contributed by atoms with Crippen LogP contribution in [0, 0.1) is 11.2 Å². The topological polar surface area (TPSA) is 49.4 Å². The second-order valence-corrected chi connectivity index (χ2v) is 7.73. The van der Waals surface area contributed by atoms with Crippen LogP contribution in [-0.2, 0) is 9.59 Å². The SMILES string of the molecule is O=C1CC[C@]2(C(=O)Nc3ccc(F)cc3)CCCC=C2N1C1CCCC1. The van der Waals surface area contributed by atoms with Crippen molar-refractivity contribution in [2.24, 2.45) is 5.41 Å². The Bertz CT molecular complexity index is 737. The van der Waals surface area contributed by atoms with Gasteiger partial charge in [0.15, 0.2) is 0 Å². The van der Waals surface area contributed by atoms with Crippen LogP contribution < -0.4 is 5.32 Å². The molecule has 1 aromatic carbocycles. The highest BCUT2D eigenvalue weighted by Gasteiger charge is 2.51. The number of piperidine rings is 1. The Morgan fingerprint density at radius 1 is 1.12 bits per heavy atom. The number of fused-ring (bicyclic) bond motifs is 1. The van der Waals surface area contributed by atoms with Gasteiger partial charge in [0.1, 0.15) is 5.82 Å². The molecule has 26 heavy (non-hydrogen) atoms. The number of allylic oxidation sites excluding steroid dienone is 1. The third-order valence-electron chi connectivity index (χ3n) is 6.16. The van der Waals surface area contributed by atoms with Crippen molar-refractivity contribution >= 4 is 17.5 Å². The lowest BCUT2D eigenvalue weighted by Crippen LogP contribution is -2.53. The van der Waals surface area contributed by atoms with Crippen molar-refractivity contribution in [3.63, 3.8) is 0 Å². The molecule has 138 valence electrons. The van der Waals surface area contributed by atoms with Gasteiger partial charge in [0.25, 0.3) is 0 Å². The van der Waals surface area contributed by atoms with Crippen LogP contribution in [0.1, 0.15) is 57.8 Å². The van der Waals surface area contributed by atoms with E-state index in [-0.39, 0.29) is 23.7 Å². The smallest absolute Gasteiger partial charge is 0.236 e. The fourth-order valence-electron chi connectivity index (χ4n) is 4.81. The third-order valence-corrected chi connectivity index (χ3v) is 6.16. The minimum absolute atomic E-state index is 0.0643.